The Kier molecular flexibility index (Phi) is 2.08. The molecular weight excluding hydrogens is 186 g/mol. The van der Waals surface area contributed by atoms with Gasteiger partial charge >= 0.3 is 0 Å². The summed E-state index contributed by atoms with van der Waals surface area (Å²) in [7, 11) is 0. The van der Waals surface area contributed by atoms with Crippen molar-refractivity contribution in [1.82, 2.24) is 4.98 Å². The number of hydrogen-bond acceptors (Lipinski definition) is 2. The first-order valence-corrected chi connectivity index (χ1v) is 4.69. The van der Waals surface area contributed by atoms with Crippen LogP contribution in [0.15, 0.2) is 18.3 Å². The first-order chi connectivity index (χ1) is 6.24. The van der Waals surface area contributed by atoms with Crippen LogP contribution < -0.4 is 0 Å². The predicted molar refractivity (Wildman–Crippen MR) is 50.7 cm³/mol. The zero-order chi connectivity index (χ0) is 9.31. The van der Waals surface area contributed by atoms with Crippen molar-refractivity contribution in [2.24, 2.45) is 5.41 Å². The third kappa shape index (κ3) is 1.89. The molecule has 68 valence electrons. The van der Waals surface area contributed by atoms with Gasteiger partial charge in [0.2, 0.25) is 0 Å². The minimum Gasteiger partial charge on any atom is -0.303 e. The Morgan fingerprint density at radius 2 is 2.31 bits per heavy atom. The van der Waals surface area contributed by atoms with Crippen molar-refractivity contribution in [1.29, 1.82) is 0 Å². The van der Waals surface area contributed by atoms with Gasteiger partial charge in [0.05, 0.1) is 5.02 Å². The Morgan fingerprint density at radius 3 is 2.77 bits per heavy atom. The van der Waals surface area contributed by atoms with Gasteiger partial charge in [0.1, 0.15) is 6.29 Å². The van der Waals surface area contributed by atoms with Crippen molar-refractivity contribution >= 4 is 17.9 Å². The summed E-state index contributed by atoms with van der Waals surface area (Å²) >= 11 is 5.70. The van der Waals surface area contributed by atoms with E-state index >= 15 is 0 Å². The highest BCUT2D eigenvalue weighted by molar-refractivity contribution is 6.30. The van der Waals surface area contributed by atoms with E-state index in [1.807, 2.05) is 12.1 Å². The fraction of sp³-hybridized carbons (Fsp3) is 0.400. The maximum absolute atomic E-state index is 10.7. The van der Waals surface area contributed by atoms with Crippen LogP contribution in [0.2, 0.25) is 5.02 Å². The highest BCUT2D eigenvalue weighted by Crippen LogP contribution is 2.45. The summed E-state index contributed by atoms with van der Waals surface area (Å²) in [5, 5.41) is 0.639. The molecular formula is C10H10ClNO. The molecule has 0 amide bonds. The Hall–Kier alpha value is -0.890. The van der Waals surface area contributed by atoms with Crippen LogP contribution in [0.4, 0.5) is 0 Å². The lowest BCUT2D eigenvalue weighted by atomic mass is 10.0. The number of aldehydes is 1. The second-order valence-corrected chi connectivity index (χ2v) is 4.06. The van der Waals surface area contributed by atoms with Crippen molar-refractivity contribution < 1.29 is 4.79 Å². The molecule has 13 heavy (non-hydrogen) atoms. The number of nitrogens with zero attached hydrogens (tertiary/aromatic N) is 1. The summed E-state index contributed by atoms with van der Waals surface area (Å²) in [6.45, 7) is 0. The van der Waals surface area contributed by atoms with Crippen molar-refractivity contribution in [3.8, 4) is 0 Å². The van der Waals surface area contributed by atoms with Crippen molar-refractivity contribution in [3.63, 3.8) is 0 Å². The van der Waals surface area contributed by atoms with Gasteiger partial charge in [-0.05, 0) is 25.0 Å². The summed E-state index contributed by atoms with van der Waals surface area (Å²) in [5.41, 5.74) is 0.856. The number of pyridine rings is 1. The van der Waals surface area contributed by atoms with E-state index in [9.17, 15) is 4.79 Å². The zero-order valence-electron chi connectivity index (χ0n) is 7.16. The number of carbonyl (C=O) groups excluding carboxylic acids is 1. The van der Waals surface area contributed by atoms with Crippen molar-refractivity contribution in [2.45, 2.75) is 19.3 Å². The molecule has 1 aromatic rings. The number of hydrogen-bond donors (Lipinski definition) is 0. The molecule has 1 heterocycles. The van der Waals surface area contributed by atoms with E-state index in [4.69, 9.17) is 11.6 Å². The molecule has 1 aliphatic rings. The van der Waals surface area contributed by atoms with E-state index < -0.39 is 0 Å². The molecule has 0 atom stereocenters. The largest absolute Gasteiger partial charge is 0.303 e. The van der Waals surface area contributed by atoms with Crippen molar-refractivity contribution in [3.05, 3.63) is 29.0 Å². The van der Waals surface area contributed by atoms with Crippen LogP contribution in [0, 0.1) is 5.41 Å². The lowest BCUT2D eigenvalue weighted by Gasteiger charge is -2.04. The van der Waals surface area contributed by atoms with Crippen LogP contribution >= 0.6 is 11.6 Å². The van der Waals surface area contributed by atoms with Gasteiger partial charge in [-0.3, -0.25) is 4.98 Å². The smallest absolute Gasteiger partial charge is 0.126 e. The number of rotatable bonds is 3. The Morgan fingerprint density at radius 1 is 1.54 bits per heavy atom. The molecule has 0 spiro atoms. The number of aromatic nitrogens is 1. The maximum Gasteiger partial charge on any atom is 0.126 e. The molecule has 0 saturated heterocycles. The fourth-order valence-electron chi connectivity index (χ4n) is 1.37. The molecule has 0 radical (unpaired) electrons. The van der Waals surface area contributed by atoms with E-state index in [1.165, 1.54) is 0 Å². The summed E-state index contributed by atoms with van der Waals surface area (Å²) in [4.78, 5) is 14.9. The van der Waals surface area contributed by atoms with E-state index in [0.29, 0.717) is 5.02 Å². The summed E-state index contributed by atoms with van der Waals surface area (Å²) < 4.78 is 0. The zero-order valence-corrected chi connectivity index (χ0v) is 7.92. The van der Waals surface area contributed by atoms with Gasteiger partial charge in [-0.2, -0.15) is 0 Å². The minimum absolute atomic E-state index is 0.0964. The van der Waals surface area contributed by atoms with Crippen LogP contribution in [-0.2, 0) is 11.2 Å². The van der Waals surface area contributed by atoms with Gasteiger partial charge in [-0.25, -0.2) is 0 Å². The lowest BCUT2D eigenvalue weighted by Crippen LogP contribution is -2.07. The monoisotopic (exact) mass is 195 g/mol. The second kappa shape index (κ2) is 3.11. The SMILES string of the molecule is O=CC1(Cc2ccc(Cl)cn2)CC1. The Balaban J connectivity index is 2.10. The van der Waals surface area contributed by atoms with Crippen molar-refractivity contribution in [2.75, 3.05) is 0 Å². The van der Waals surface area contributed by atoms with Crippen LogP contribution in [0.25, 0.3) is 0 Å². The molecule has 0 bridgehead atoms. The van der Waals surface area contributed by atoms with Crippen LogP contribution in [0.3, 0.4) is 0 Å². The normalized spacial score (nSPS) is 18.2. The summed E-state index contributed by atoms with van der Waals surface area (Å²) in [5.74, 6) is 0. The van der Waals surface area contributed by atoms with Gasteiger partial charge in [0.25, 0.3) is 0 Å². The molecule has 1 fully saturated rings. The van der Waals surface area contributed by atoms with Gasteiger partial charge in [-0.1, -0.05) is 11.6 Å². The van der Waals surface area contributed by atoms with E-state index in [0.717, 1.165) is 31.2 Å². The van der Waals surface area contributed by atoms with E-state index in [2.05, 4.69) is 4.98 Å². The van der Waals surface area contributed by atoms with Crippen LogP contribution in [0.5, 0.6) is 0 Å². The first kappa shape index (κ1) is 8.70. The van der Waals surface area contributed by atoms with Crippen LogP contribution in [-0.4, -0.2) is 11.3 Å². The second-order valence-electron chi connectivity index (χ2n) is 3.62. The molecule has 0 aliphatic heterocycles. The van der Waals surface area contributed by atoms with Crippen LogP contribution in [0.1, 0.15) is 18.5 Å². The Labute approximate surface area is 81.9 Å². The molecule has 0 unspecified atom stereocenters. The van der Waals surface area contributed by atoms with Gasteiger partial charge < -0.3 is 4.79 Å². The third-order valence-corrected chi connectivity index (χ3v) is 2.69. The first-order valence-electron chi connectivity index (χ1n) is 4.31. The average Bonchev–Trinajstić information content (AvgIpc) is 2.90. The van der Waals surface area contributed by atoms with E-state index in [-0.39, 0.29) is 5.41 Å². The predicted octanol–water partition coefficient (Wildman–Crippen LogP) is 2.26. The molecule has 2 nitrogen and oxygen atoms in total. The maximum atomic E-state index is 10.7. The standard InChI is InChI=1S/C10H10ClNO/c11-8-1-2-9(12-6-8)5-10(7-13)3-4-10/h1-2,6-7H,3-5H2. The molecule has 1 saturated carbocycles. The topological polar surface area (TPSA) is 30.0 Å². The highest BCUT2D eigenvalue weighted by atomic mass is 35.5. The molecule has 0 N–H and O–H groups in total. The van der Waals surface area contributed by atoms with Gasteiger partial charge in [0, 0.05) is 23.7 Å². The molecule has 1 aromatic heterocycles. The Bertz CT molecular complexity index is 316. The van der Waals surface area contributed by atoms with E-state index in [1.54, 1.807) is 6.20 Å². The molecule has 0 aromatic carbocycles. The molecule has 2 rings (SSSR count). The highest BCUT2D eigenvalue weighted by Gasteiger charge is 2.42. The average molecular weight is 196 g/mol. The summed E-state index contributed by atoms with van der Waals surface area (Å²) in [6, 6.07) is 3.69. The molecule has 1 aliphatic carbocycles. The summed E-state index contributed by atoms with van der Waals surface area (Å²) in [6.07, 6.45) is 5.44. The van der Waals surface area contributed by atoms with Gasteiger partial charge in [0.15, 0.2) is 0 Å². The third-order valence-electron chi connectivity index (χ3n) is 2.46. The number of halogens is 1. The fourth-order valence-corrected chi connectivity index (χ4v) is 1.48. The number of carbonyl (C=O) groups is 1. The molecule has 3 heteroatoms. The quantitative estimate of drug-likeness (QED) is 0.693. The van der Waals surface area contributed by atoms with Gasteiger partial charge in [-0.15, -0.1) is 0 Å². The lowest BCUT2D eigenvalue weighted by molar-refractivity contribution is -0.112. The minimum atomic E-state index is -0.0964.